The summed E-state index contributed by atoms with van der Waals surface area (Å²) in [4.78, 5) is 37.1. The number of hydrogen-bond acceptors (Lipinski definition) is 5. The second-order valence-corrected chi connectivity index (χ2v) is 4.29. The molecule has 1 aliphatic rings. The molecule has 0 aromatic heterocycles. The number of carbonyl (C=O) groups excluding carboxylic acids is 3. The Bertz CT molecular complexity index is 353. The van der Waals surface area contributed by atoms with Gasteiger partial charge < -0.3 is 26.0 Å². The molecule has 1 rings (SSSR count). The van der Waals surface area contributed by atoms with E-state index in [1.807, 2.05) is 0 Å². The lowest BCUT2D eigenvalue weighted by atomic mass is 10.1. The number of carbonyl (C=O) groups is 3. The van der Waals surface area contributed by atoms with E-state index >= 15 is 0 Å². The molecule has 19 heavy (non-hydrogen) atoms. The molecule has 1 heterocycles. The zero-order chi connectivity index (χ0) is 14.4. The summed E-state index contributed by atoms with van der Waals surface area (Å²) in [6.45, 7) is 3.61. The molecule has 0 saturated carbocycles. The van der Waals surface area contributed by atoms with Gasteiger partial charge in [-0.3, -0.25) is 9.59 Å². The first kappa shape index (κ1) is 15.2. The van der Waals surface area contributed by atoms with Crippen molar-refractivity contribution in [3.63, 3.8) is 0 Å². The fourth-order valence-electron chi connectivity index (χ4n) is 1.86. The van der Waals surface area contributed by atoms with Crippen molar-refractivity contribution in [1.82, 2.24) is 9.80 Å². The molecule has 4 N–H and O–H groups in total. The normalized spacial score (nSPS) is 16.9. The van der Waals surface area contributed by atoms with Crippen molar-refractivity contribution in [1.29, 1.82) is 0 Å². The Balaban J connectivity index is 2.43. The largest absolute Gasteiger partial charge is 0.450 e. The highest BCUT2D eigenvalue weighted by Gasteiger charge is 2.28. The Morgan fingerprint density at radius 1 is 1.16 bits per heavy atom. The Morgan fingerprint density at radius 3 is 2.16 bits per heavy atom. The quantitative estimate of drug-likeness (QED) is 0.645. The van der Waals surface area contributed by atoms with Gasteiger partial charge in [0.2, 0.25) is 11.8 Å². The summed E-state index contributed by atoms with van der Waals surface area (Å²) in [5.41, 5.74) is 10.6. The minimum absolute atomic E-state index is 0.170. The van der Waals surface area contributed by atoms with Crippen LogP contribution in [0, 0.1) is 0 Å². The molecule has 8 nitrogen and oxygen atoms in total. The molecule has 108 valence electrons. The fraction of sp³-hybridized carbons (Fsp3) is 0.727. The van der Waals surface area contributed by atoms with E-state index in [1.54, 1.807) is 6.92 Å². The lowest BCUT2D eigenvalue weighted by Crippen LogP contribution is -2.54. The van der Waals surface area contributed by atoms with Crippen molar-refractivity contribution in [3.8, 4) is 0 Å². The van der Waals surface area contributed by atoms with Crippen LogP contribution in [0.2, 0.25) is 0 Å². The number of piperazine rings is 1. The predicted molar refractivity (Wildman–Crippen MR) is 67.0 cm³/mol. The zero-order valence-corrected chi connectivity index (χ0v) is 11.0. The van der Waals surface area contributed by atoms with Crippen LogP contribution in [-0.2, 0) is 14.3 Å². The molecular weight excluding hydrogens is 252 g/mol. The molecule has 1 atom stereocenters. The molecule has 8 heteroatoms. The van der Waals surface area contributed by atoms with E-state index in [2.05, 4.69) is 0 Å². The molecule has 0 radical (unpaired) electrons. The summed E-state index contributed by atoms with van der Waals surface area (Å²) < 4.78 is 4.87. The molecule has 1 unspecified atom stereocenters. The number of amides is 3. The van der Waals surface area contributed by atoms with Crippen molar-refractivity contribution >= 4 is 17.9 Å². The SMILES string of the molecule is CCOC(=O)N1CCN(C(=O)C(N)CC(N)=O)CC1. The van der Waals surface area contributed by atoms with Gasteiger partial charge in [-0.2, -0.15) is 0 Å². The van der Waals surface area contributed by atoms with Crippen molar-refractivity contribution < 1.29 is 19.1 Å². The van der Waals surface area contributed by atoms with E-state index in [0.717, 1.165) is 0 Å². The lowest BCUT2D eigenvalue weighted by molar-refractivity contribution is -0.136. The van der Waals surface area contributed by atoms with Crippen molar-refractivity contribution in [2.45, 2.75) is 19.4 Å². The highest BCUT2D eigenvalue weighted by molar-refractivity contribution is 5.87. The molecule has 0 aliphatic carbocycles. The Hall–Kier alpha value is -1.83. The number of hydrogen-bond donors (Lipinski definition) is 2. The van der Waals surface area contributed by atoms with E-state index in [1.165, 1.54) is 9.80 Å². The van der Waals surface area contributed by atoms with Gasteiger partial charge in [0, 0.05) is 26.2 Å². The molecule has 0 spiro atoms. The Kier molecular flexibility index (Phi) is 5.56. The summed E-state index contributed by atoms with van der Waals surface area (Å²) in [6.07, 6.45) is -0.548. The van der Waals surface area contributed by atoms with Crippen LogP contribution in [0.1, 0.15) is 13.3 Å². The predicted octanol–water partition coefficient (Wildman–Crippen LogP) is -1.51. The summed E-state index contributed by atoms with van der Waals surface area (Å²) >= 11 is 0. The van der Waals surface area contributed by atoms with Gasteiger partial charge in [0.1, 0.15) is 0 Å². The average Bonchev–Trinajstić information content (AvgIpc) is 2.37. The van der Waals surface area contributed by atoms with Gasteiger partial charge in [0.05, 0.1) is 19.1 Å². The van der Waals surface area contributed by atoms with E-state index in [-0.39, 0.29) is 18.4 Å². The van der Waals surface area contributed by atoms with E-state index < -0.39 is 11.9 Å². The smallest absolute Gasteiger partial charge is 0.409 e. The van der Waals surface area contributed by atoms with Crippen LogP contribution in [-0.4, -0.2) is 66.5 Å². The summed E-state index contributed by atoms with van der Waals surface area (Å²) in [7, 11) is 0. The van der Waals surface area contributed by atoms with Gasteiger partial charge in [-0.05, 0) is 6.92 Å². The first-order valence-corrected chi connectivity index (χ1v) is 6.20. The summed E-state index contributed by atoms with van der Waals surface area (Å²) in [5, 5.41) is 0. The molecule has 1 aliphatic heterocycles. The molecule has 3 amide bonds. The minimum Gasteiger partial charge on any atom is -0.450 e. The van der Waals surface area contributed by atoms with Gasteiger partial charge in [-0.25, -0.2) is 4.79 Å². The van der Waals surface area contributed by atoms with Crippen LogP contribution in [0.25, 0.3) is 0 Å². The van der Waals surface area contributed by atoms with Crippen LogP contribution >= 0.6 is 0 Å². The molecule has 0 aromatic rings. The van der Waals surface area contributed by atoms with Gasteiger partial charge >= 0.3 is 6.09 Å². The maximum atomic E-state index is 11.9. The minimum atomic E-state index is -0.911. The third-order valence-corrected chi connectivity index (χ3v) is 2.86. The Morgan fingerprint density at radius 2 is 1.68 bits per heavy atom. The fourth-order valence-corrected chi connectivity index (χ4v) is 1.86. The topological polar surface area (TPSA) is 119 Å². The van der Waals surface area contributed by atoms with E-state index in [0.29, 0.717) is 32.8 Å². The first-order valence-electron chi connectivity index (χ1n) is 6.20. The molecular formula is C11H20N4O4. The van der Waals surface area contributed by atoms with Gasteiger partial charge in [-0.1, -0.05) is 0 Å². The second kappa shape index (κ2) is 6.93. The molecule has 1 saturated heterocycles. The Labute approximate surface area is 111 Å². The van der Waals surface area contributed by atoms with Gasteiger partial charge in [0.15, 0.2) is 0 Å². The first-order chi connectivity index (χ1) is 8.95. The number of nitrogens with two attached hydrogens (primary N) is 2. The maximum Gasteiger partial charge on any atom is 0.409 e. The third kappa shape index (κ3) is 4.40. The highest BCUT2D eigenvalue weighted by atomic mass is 16.6. The highest BCUT2D eigenvalue weighted by Crippen LogP contribution is 2.06. The summed E-state index contributed by atoms with van der Waals surface area (Å²) in [5.74, 6) is -0.923. The standard InChI is InChI=1S/C11H20N4O4/c1-2-19-11(18)15-5-3-14(4-6-15)10(17)8(12)7-9(13)16/h8H,2-7,12H2,1H3,(H2,13,16). The molecule has 0 bridgehead atoms. The van der Waals surface area contributed by atoms with E-state index in [4.69, 9.17) is 16.2 Å². The average molecular weight is 272 g/mol. The maximum absolute atomic E-state index is 11.9. The van der Waals surface area contributed by atoms with E-state index in [9.17, 15) is 14.4 Å². The third-order valence-electron chi connectivity index (χ3n) is 2.86. The van der Waals surface area contributed by atoms with Crippen molar-refractivity contribution in [2.24, 2.45) is 11.5 Å². The monoisotopic (exact) mass is 272 g/mol. The molecule has 1 fully saturated rings. The summed E-state index contributed by atoms with van der Waals surface area (Å²) in [6, 6.07) is -0.911. The van der Waals surface area contributed by atoms with Crippen LogP contribution in [0.5, 0.6) is 0 Å². The zero-order valence-electron chi connectivity index (χ0n) is 11.0. The van der Waals surface area contributed by atoms with Gasteiger partial charge in [0.25, 0.3) is 0 Å². The van der Waals surface area contributed by atoms with Crippen molar-refractivity contribution in [2.75, 3.05) is 32.8 Å². The number of nitrogens with zero attached hydrogens (tertiary/aromatic N) is 2. The van der Waals surface area contributed by atoms with Crippen LogP contribution in [0.3, 0.4) is 0 Å². The second-order valence-electron chi connectivity index (χ2n) is 4.29. The number of rotatable bonds is 4. The molecule has 0 aromatic carbocycles. The van der Waals surface area contributed by atoms with Gasteiger partial charge in [-0.15, -0.1) is 0 Å². The van der Waals surface area contributed by atoms with Crippen LogP contribution < -0.4 is 11.5 Å². The van der Waals surface area contributed by atoms with Crippen molar-refractivity contribution in [3.05, 3.63) is 0 Å². The lowest BCUT2D eigenvalue weighted by Gasteiger charge is -2.35. The van der Waals surface area contributed by atoms with Crippen LogP contribution in [0.4, 0.5) is 4.79 Å². The van der Waals surface area contributed by atoms with Crippen LogP contribution in [0.15, 0.2) is 0 Å². The number of primary amides is 1. The number of ether oxygens (including phenoxy) is 1.